The zero-order valence-corrected chi connectivity index (χ0v) is 19.8. The van der Waals surface area contributed by atoms with Gasteiger partial charge in [0.1, 0.15) is 6.04 Å². The third-order valence-corrected chi connectivity index (χ3v) is 5.24. The SMILES string of the molecule is CC(=O)N[C@@H](CSCC=C(C)CCC=C(CC=C(C)C)CCC=C(C)C)C(=O)O. The highest BCUT2D eigenvalue weighted by Gasteiger charge is 2.17. The summed E-state index contributed by atoms with van der Waals surface area (Å²) in [6.45, 7) is 12.0. The summed E-state index contributed by atoms with van der Waals surface area (Å²) in [7, 11) is 0. The number of carbonyl (C=O) groups excluding carboxylic acids is 1. The molecule has 0 aliphatic rings. The Kier molecular flexibility index (Phi) is 15.1. The Morgan fingerprint density at radius 3 is 2.07 bits per heavy atom. The predicted octanol–water partition coefficient (Wildman–Crippen LogP) is 6.06. The summed E-state index contributed by atoms with van der Waals surface area (Å²) in [4.78, 5) is 22.2. The fourth-order valence-electron chi connectivity index (χ4n) is 2.58. The van der Waals surface area contributed by atoms with Crippen molar-refractivity contribution in [3.05, 3.63) is 46.6 Å². The summed E-state index contributed by atoms with van der Waals surface area (Å²) < 4.78 is 0. The van der Waals surface area contributed by atoms with Gasteiger partial charge in [0.2, 0.25) is 5.91 Å². The molecule has 1 atom stereocenters. The van der Waals surface area contributed by atoms with E-state index in [0.29, 0.717) is 5.75 Å². The molecule has 0 aromatic heterocycles. The number of carbonyl (C=O) groups is 2. The first-order chi connectivity index (χ1) is 13.6. The number of amides is 1. The van der Waals surface area contributed by atoms with Crippen LogP contribution < -0.4 is 5.32 Å². The average Bonchev–Trinajstić information content (AvgIpc) is 2.60. The molecule has 0 aromatic carbocycles. The molecule has 0 bridgehead atoms. The standard InChI is InChI=1S/C24H39NO3S/c1-18(2)9-7-11-22(14-13-19(3)4)12-8-10-20(5)15-16-29-17-23(24(27)28)25-21(6)26/h9,12-13,15,23H,7-8,10-11,14,16-17H2,1-6H3,(H,25,26)(H,27,28)/t23-/m0/s1. The number of thioether (sulfide) groups is 1. The van der Waals surface area contributed by atoms with Crippen molar-refractivity contribution in [3.8, 4) is 0 Å². The molecule has 29 heavy (non-hydrogen) atoms. The molecule has 0 spiro atoms. The van der Waals surface area contributed by atoms with E-state index in [1.165, 1.54) is 41.0 Å². The molecule has 1 amide bonds. The van der Waals surface area contributed by atoms with Crippen LogP contribution in [0.15, 0.2) is 46.6 Å². The van der Waals surface area contributed by atoms with Crippen LogP contribution in [0.3, 0.4) is 0 Å². The third kappa shape index (κ3) is 16.9. The number of hydrogen-bond acceptors (Lipinski definition) is 3. The van der Waals surface area contributed by atoms with Crippen LogP contribution in [0.4, 0.5) is 0 Å². The summed E-state index contributed by atoms with van der Waals surface area (Å²) in [6, 6.07) is -0.826. The van der Waals surface area contributed by atoms with Crippen LogP contribution in [-0.2, 0) is 9.59 Å². The largest absolute Gasteiger partial charge is 0.480 e. The van der Waals surface area contributed by atoms with Gasteiger partial charge in [-0.2, -0.15) is 11.8 Å². The lowest BCUT2D eigenvalue weighted by atomic mass is 10.0. The molecule has 0 aliphatic heterocycles. The van der Waals surface area contributed by atoms with Gasteiger partial charge in [-0.05, 0) is 66.7 Å². The highest BCUT2D eigenvalue weighted by Crippen LogP contribution is 2.17. The molecule has 4 nitrogen and oxygen atoms in total. The number of carboxylic acid groups (broad SMARTS) is 1. The van der Waals surface area contributed by atoms with Crippen molar-refractivity contribution in [2.45, 2.75) is 79.7 Å². The van der Waals surface area contributed by atoms with E-state index in [1.54, 1.807) is 0 Å². The van der Waals surface area contributed by atoms with Crippen LogP contribution in [0, 0.1) is 0 Å². The molecule has 0 radical (unpaired) electrons. The van der Waals surface area contributed by atoms with E-state index in [2.05, 4.69) is 64.2 Å². The number of nitrogens with one attached hydrogen (secondary N) is 1. The van der Waals surface area contributed by atoms with Gasteiger partial charge in [-0.3, -0.25) is 4.79 Å². The Morgan fingerprint density at radius 1 is 0.897 bits per heavy atom. The number of hydrogen-bond donors (Lipinski definition) is 2. The van der Waals surface area contributed by atoms with Crippen LogP contribution in [0.5, 0.6) is 0 Å². The molecule has 0 aromatic rings. The monoisotopic (exact) mass is 421 g/mol. The number of rotatable bonds is 14. The molecule has 0 saturated carbocycles. The molecule has 0 aliphatic carbocycles. The highest BCUT2D eigenvalue weighted by atomic mass is 32.2. The molecule has 0 unspecified atom stereocenters. The Morgan fingerprint density at radius 2 is 1.52 bits per heavy atom. The van der Waals surface area contributed by atoms with Crippen molar-refractivity contribution in [1.29, 1.82) is 0 Å². The van der Waals surface area contributed by atoms with Crippen LogP contribution >= 0.6 is 11.8 Å². The topological polar surface area (TPSA) is 66.4 Å². The Bertz CT molecular complexity index is 637. The molecule has 5 heteroatoms. The molecule has 164 valence electrons. The van der Waals surface area contributed by atoms with Gasteiger partial charge in [0.25, 0.3) is 0 Å². The third-order valence-electron chi connectivity index (χ3n) is 4.27. The van der Waals surface area contributed by atoms with Gasteiger partial charge in [-0.1, -0.05) is 46.6 Å². The smallest absolute Gasteiger partial charge is 0.327 e. The molecule has 2 N–H and O–H groups in total. The predicted molar refractivity (Wildman–Crippen MR) is 126 cm³/mol. The summed E-state index contributed by atoms with van der Waals surface area (Å²) in [6.07, 6.45) is 14.4. The van der Waals surface area contributed by atoms with E-state index in [9.17, 15) is 9.59 Å². The van der Waals surface area contributed by atoms with Crippen molar-refractivity contribution in [1.82, 2.24) is 5.32 Å². The van der Waals surface area contributed by atoms with Gasteiger partial charge in [0.15, 0.2) is 0 Å². The van der Waals surface area contributed by atoms with Gasteiger partial charge in [-0.15, -0.1) is 0 Å². The van der Waals surface area contributed by atoms with E-state index in [-0.39, 0.29) is 5.91 Å². The normalized spacial score (nSPS) is 12.9. The van der Waals surface area contributed by atoms with E-state index < -0.39 is 12.0 Å². The van der Waals surface area contributed by atoms with Gasteiger partial charge in [-0.25, -0.2) is 4.79 Å². The van der Waals surface area contributed by atoms with Gasteiger partial charge < -0.3 is 10.4 Å². The first-order valence-electron chi connectivity index (χ1n) is 10.3. The lowest BCUT2D eigenvalue weighted by molar-refractivity contribution is -0.140. The van der Waals surface area contributed by atoms with Crippen LogP contribution in [0.25, 0.3) is 0 Å². The first kappa shape index (κ1) is 27.2. The zero-order chi connectivity index (χ0) is 22.2. The zero-order valence-electron chi connectivity index (χ0n) is 19.0. The molecule has 0 rings (SSSR count). The van der Waals surface area contributed by atoms with Crippen molar-refractivity contribution < 1.29 is 14.7 Å². The summed E-state index contributed by atoms with van der Waals surface area (Å²) in [5, 5.41) is 11.6. The van der Waals surface area contributed by atoms with Crippen LogP contribution in [0.2, 0.25) is 0 Å². The minimum absolute atomic E-state index is 0.315. The maximum absolute atomic E-state index is 11.1. The Hall–Kier alpha value is -1.75. The van der Waals surface area contributed by atoms with E-state index in [0.717, 1.165) is 37.9 Å². The molecular weight excluding hydrogens is 382 g/mol. The van der Waals surface area contributed by atoms with Gasteiger partial charge in [0.05, 0.1) is 0 Å². The van der Waals surface area contributed by atoms with Crippen LogP contribution in [-0.4, -0.2) is 34.5 Å². The van der Waals surface area contributed by atoms with E-state index in [1.807, 2.05) is 0 Å². The average molecular weight is 422 g/mol. The molecular formula is C24H39NO3S. The maximum atomic E-state index is 11.1. The van der Waals surface area contributed by atoms with Crippen molar-refractivity contribution in [3.63, 3.8) is 0 Å². The molecule has 0 saturated heterocycles. The van der Waals surface area contributed by atoms with Gasteiger partial charge in [0, 0.05) is 18.4 Å². The minimum Gasteiger partial charge on any atom is -0.480 e. The summed E-state index contributed by atoms with van der Waals surface area (Å²) >= 11 is 1.52. The van der Waals surface area contributed by atoms with Gasteiger partial charge >= 0.3 is 5.97 Å². The number of carboxylic acids is 1. The second-order valence-electron chi connectivity index (χ2n) is 7.89. The van der Waals surface area contributed by atoms with Crippen molar-refractivity contribution >= 4 is 23.6 Å². The first-order valence-corrected chi connectivity index (χ1v) is 11.4. The number of aliphatic carboxylic acids is 1. The second kappa shape index (κ2) is 16.1. The fraction of sp³-hybridized carbons (Fsp3) is 0.583. The molecule has 0 fully saturated rings. The Labute approximate surface area is 181 Å². The number of allylic oxidation sites excluding steroid dienone is 7. The maximum Gasteiger partial charge on any atom is 0.327 e. The minimum atomic E-state index is -0.990. The lowest BCUT2D eigenvalue weighted by Gasteiger charge is -2.12. The van der Waals surface area contributed by atoms with E-state index in [4.69, 9.17) is 5.11 Å². The Balaban J connectivity index is 4.50. The van der Waals surface area contributed by atoms with Crippen molar-refractivity contribution in [2.24, 2.45) is 0 Å². The van der Waals surface area contributed by atoms with Crippen LogP contribution in [0.1, 0.15) is 73.6 Å². The lowest BCUT2D eigenvalue weighted by Crippen LogP contribution is -2.41. The second-order valence-corrected chi connectivity index (χ2v) is 8.96. The fourth-order valence-corrected chi connectivity index (χ4v) is 3.58. The highest BCUT2D eigenvalue weighted by molar-refractivity contribution is 7.99. The summed E-state index contributed by atoms with van der Waals surface area (Å²) in [5.41, 5.74) is 5.52. The molecule has 0 heterocycles. The van der Waals surface area contributed by atoms with Crippen molar-refractivity contribution in [2.75, 3.05) is 11.5 Å². The quantitative estimate of drug-likeness (QED) is 0.264. The summed E-state index contributed by atoms with van der Waals surface area (Å²) in [5.74, 6) is -0.180. The van der Waals surface area contributed by atoms with E-state index >= 15 is 0 Å².